The number of carbonyl (C=O) groups is 1. The molecule has 0 heterocycles. The van der Waals surface area contributed by atoms with Crippen molar-refractivity contribution in [2.45, 2.75) is 13.8 Å². The van der Waals surface area contributed by atoms with E-state index in [9.17, 15) is 4.79 Å². The summed E-state index contributed by atoms with van der Waals surface area (Å²) in [6.45, 7) is 3.46. The maximum absolute atomic E-state index is 11.8. The maximum atomic E-state index is 11.8. The Morgan fingerprint density at radius 3 is 2.21 bits per heavy atom. The van der Waals surface area contributed by atoms with Gasteiger partial charge in [0.15, 0.2) is 5.78 Å². The van der Waals surface area contributed by atoms with Gasteiger partial charge >= 0.3 is 0 Å². The molecular weight excluding hydrogens is 240 g/mol. The van der Waals surface area contributed by atoms with Gasteiger partial charge in [-0.3, -0.25) is 4.79 Å². The first kappa shape index (κ1) is 13.1. The van der Waals surface area contributed by atoms with Crippen molar-refractivity contribution in [1.82, 2.24) is 0 Å². The Morgan fingerprint density at radius 1 is 0.947 bits per heavy atom. The second-order valence-electron chi connectivity index (χ2n) is 4.26. The lowest BCUT2D eigenvalue weighted by atomic mass is 10.1. The minimum atomic E-state index is -0.0824. The molecule has 3 nitrogen and oxygen atoms in total. The number of ketones is 1. The summed E-state index contributed by atoms with van der Waals surface area (Å²) in [6.07, 6.45) is 0. The van der Waals surface area contributed by atoms with Gasteiger partial charge in [0.1, 0.15) is 22.8 Å². The van der Waals surface area contributed by atoms with Crippen LogP contribution in [0, 0.1) is 6.92 Å². The van der Waals surface area contributed by atoms with Crippen LogP contribution in [0.5, 0.6) is 17.2 Å². The van der Waals surface area contributed by atoms with E-state index in [1.54, 1.807) is 25.3 Å². The third-order valence-electron chi connectivity index (χ3n) is 2.87. The monoisotopic (exact) mass is 256 g/mol. The largest absolute Gasteiger partial charge is 0.496 e. The van der Waals surface area contributed by atoms with Crippen LogP contribution in [-0.2, 0) is 0 Å². The second-order valence-corrected chi connectivity index (χ2v) is 4.26. The van der Waals surface area contributed by atoms with Gasteiger partial charge in [-0.1, -0.05) is 24.3 Å². The summed E-state index contributed by atoms with van der Waals surface area (Å²) in [5.74, 6) is 1.69. The van der Waals surface area contributed by atoms with E-state index in [0.29, 0.717) is 17.1 Å². The average Bonchev–Trinajstić information content (AvgIpc) is 2.40. The zero-order valence-electron chi connectivity index (χ0n) is 11.3. The molecule has 0 saturated carbocycles. The molecule has 0 aliphatic rings. The zero-order chi connectivity index (χ0) is 13.8. The molecular formula is C16H16O3. The molecule has 0 aliphatic carbocycles. The van der Waals surface area contributed by atoms with Crippen molar-refractivity contribution in [3.8, 4) is 17.2 Å². The van der Waals surface area contributed by atoms with E-state index in [2.05, 4.69) is 0 Å². The number of hydrogen-bond acceptors (Lipinski definition) is 3. The number of rotatable bonds is 4. The highest BCUT2D eigenvalue weighted by Crippen LogP contribution is 2.33. The first-order chi connectivity index (χ1) is 9.13. The Morgan fingerprint density at radius 2 is 1.58 bits per heavy atom. The lowest BCUT2D eigenvalue weighted by molar-refractivity contribution is 0.101. The zero-order valence-corrected chi connectivity index (χ0v) is 11.3. The van der Waals surface area contributed by atoms with Crippen LogP contribution < -0.4 is 9.47 Å². The van der Waals surface area contributed by atoms with Crippen LogP contribution in [0.4, 0.5) is 0 Å². The highest BCUT2D eigenvalue weighted by atomic mass is 16.5. The van der Waals surface area contributed by atoms with Crippen LogP contribution in [0.2, 0.25) is 0 Å². The van der Waals surface area contributed by atoms with Crippen LogP contribution in [0.15, 0.2) is 42.5 Å². The summed E-state index contributed by atoms with van der Waals surface area (Å²) in [4.78, 5) is 11.8. The number of benzene rings is 2. The molecule has 0 spiro atoms. The van der Waals surface area contributed by atoms with Crippen molar-refractivity contribution in [2.75, 3.05) is 7.11 Å². The van der Waals surface area contributed by atoms with Gasteiger partial charge in [-0.25, -0.2) is 0 Å². The Kier molecular flexibility index (Phi) is 3.85. The molecule has 0 N–H and O–H groups in total. The number of ether oxygens (including phenoxy) is 2. The lowest BCUT2D eigenvalue weighted by Crippen LogP contribution is -2.01. The van der Waals surface area contributed by atoms with Gasteiger partial charge < -0.3 is 9.47 Å². The van der Waals surface area contributed by atoms with Crippen LogP contribution >= 0.6 is 0 Å². The van der Waals surface area contributed by atoms with E-state index in [1.165, 1.54) is 6.92 Å². The van der Waals surface area contributed by atoms with Crippen LogP contribution in [0.1, 0.15) is 22.8 Å². The minimum absolute atomic E-state index is 0.0824. The summed E-state index contributed by atoms with van der Waals surface area (Å²) in [5, 5.41) is 0. The van der Waals surface area contributed by atoms with E-state index in [0.717, 1.165) is 11.3 Å². The lowest BCUT2D eigenvalue weighted by Gasteiger charge is -2.13. The fourth-order valence-corrected chi connectivity index (χ4v) is 1.90. The third-order valence-corrected chi connectivity index (χ3v) is 2.87. The quantitative estimate of drug-likeness (QED) is 0.776. The first-order valence-corrected chi connectivity index (χ1v) is 6.05. The van der Waals surface area contributed by atoms with E-state index >= 15 is 0 Å². The van der Waals surface area contributed by atoms with Gasteiger partial charge in [0.05, 0.1) is 7.11 Å². The van der Waals surface area contributed by atoms with Gasteiger partial charge in [0.25, 0.3) is 0 Å². The van der Waals surface area contributed by atoms with Crippen molar-refractivity contribution >= 4 is 5.78 Å². The second kappa shape index (κ2) is 5.57. The molecule has 19 heavy (non-hydrogen) atoms. The number of hydrogen-bond donors (Lipinski definition) is 0. The van der Waals surface area contributed by atoms with Crippen molar-refractivity contribution < 1.29 is 14.3 Å². The van der Waals surface area contributed by atoms with Crippen LogP contribution in [0.25, 0.3) is 0 Å². The summed E-state index contributed by atoms with van der Waals surface area (Å²) >= 11 is 0. The van der Waals surface area contributed by atoms with E-state index in [-0.39, 0.29) is 5.78 Å². The van der Waals surface area contributed by atoms with E-state index in [1.807, 2.05) is 31.2 Å². The topological polar surface area (TPSA) is 35.5 Å². The van der Waals surface area contributed by atoms with Crippen molar-refractivity contribution in [1.29, 1.82) is 0 Å². The predicted molar refractivity (Wildman–Crippen MR) is 74.3 cm³/mol. The molecule has 0 aromatic heterocycles. The SMILES string of the molecule is COc1cccc(Oc2ccccc2C)c1C(C)=O. The summed E-state index contributed by atoms with van der Waals surface area (Å²) in [5.41, 5.74) is 1.48. The molecule has 3 heteroatoms. The molecule has 2 rings (SSSR count). The molecule has 0 bridgehead atoms. The molecule has 0 fully saturated rings. The fourth-order valence-electron chi connectivity index (χ4n) is 1.90. The van der Waals surface area contributed by atoms with Gasteiger partial charge in [0, 0.05) is 0 Å². The van der Waals surface area contributed by atoms with Gasteiger partial charge in [-0.2, -0.15) is 0 Å². The Balaban J connectivity index is 2.46. The molecule has 0 radical (unpaired) electrons. The summed E-state index contributed by atoms with van der Waals surface area (Å²) in [7, 11) is 1.54. The van der Waals surface area contributed by atoms with Crippen molar-refractivity contribution in [3.05, 3.63) is 53.6 Å². The maximum Gasteiger partial charge on any atom is 0.167 e. The van der Waals surface area contributed by atoms with Crippen molar-refractivity contribution in [2.24, 2.45) is 0 Å². The average molecular weight is 256 g/mol. The first-order valence-electron chi connectivity index (χ1n) is 6.05. The number of para-hydroxylation sites is 1. The molecule has 0 unspecified atom stereocenters. The van der Waals surface area contributed by atoms with Gasteiger partial charge in [-0.15, -0.1) is 0 Å². The molecule has 0 saturated heterocycles. The molecule has 98 valence electrons. The smallest absolute Gasteiger partial charge is 0.167 e. The van der Waals surface area contributed by atoms with Gasteiger partial charge in [0.2, 0.25) is 0 Å². The number of Topliss-reactive ketones (excluding diaryl/α,β-unsaturated/α-hetero) is 1. The van der Waals surface area contributed by atoms with E-state index in [4.69, 9.17) is 9.47 Å². The standard InChI is InChI=1S/C16H16O3/c1-11-7-4-5-8-13(11)19-15-10-6-9-14(18-3)16(15)12(2)17/h4-10H,1-3H3. The normalized spacial score (nSPS) is 10.1. The summed E-state index contributed by atoms with van der Waals surface area (Å²) < 4.78 is 11.1. The predicted octanol–water partition coefficient (Wildman–Crippen LogP) is 4.00. The highest BCUT2D eigenvalue weighted by Gasteiger charge is 2.15. The third kappa shape index (κ3) is 2.76. The highest BCUT2D eigenvalue weighted by molar-refractivity contribution is 5.99. The molecule has 0 atom stereocenters. The fraction of sp³-hybridized carbons (Fsp3) is 0.188. The Hall–Kier alpha value is -2.29. The minimum Gasteiger partial charge on any atom is -0.496 e. The molecule has 2 aromatic carbocycles. The van der Waals surface area contributed by atoms with Crippen molar-refractivity contribution in [3.63, 3.8) is 0 Å². The summed E-state index contributed by atoms with van der Waals surface area (Å²) in [6, 6.07) is 13.0. The Labute approximate surface area is 112 Å². The molecule has 0 amide bonds. The number of methoxy groups -OCH3 is 1. The molecule has 2 aromatic rings. The van der Waals surface area contributed by atoms with Crippen LogP contribution in [0.3, 0.4) is 0 Å². The number of aryl methyl sites for hydroxylation is 1. The van der Waals surface area contributed by atoms with Gasteiger partial charge in [-0.05, 0) is 37.6 Å². The Bertz CT molecular complexity index is 603. The molecule has 0 aliphatic heterocycles. The number of carbonyl (C=O) groups excluding carboxylic acids is 1. The van der Waals surface area contributed by atoms with E-state index < -0.39 is 0 Å². The van der Waals surface area contributed by atoms with Crippen LogP contribution in [-0.4, -0.2) is 12.9 Å².